The highest BCUT2D eigenvalue weighted by Gasteiger charge is 2.54. The second kappa shape index (κ2) is 6.11. The van der Waals surface area contributed by atoms with Gasteiger partial charge in [0.2, 0.25) is 0 Å². The lowest BCUT2D eigenvalue weighted by Crippen LogP contribution is -2.52. The van der Waals surface area contributed by atoms with Crippen molar-refractivity contribution >= 4 is 17.6 Å². The van der Waals surface area contributed by atoms with E-state index in [2.05, 4.69) is 0 Å². The lowest BCUT2D eigenvalue weighted by Gasteiger charge is -2.46. The Labute approximate surface area is 160 Å². The van der Waals surface area contributed by atoms with Gasteiger partial charge in [0, 0.05) is 23.1 Å². The molecule has 5 nitrogen and oxygen atoms in total. The summed E-state index contributed by atoms with van der Waals surface area (Å²) in [5.41, 5.74) is 7.73. The summed E-state index contributed by atoms with van der Waals surface area (Å²) in [5, 5.41) is 0.352. The van der Waals surface area contributed by atoms with Crippen LogP contribution < -0.4 is 10.5 Å². The quantitative estimate of drug-likeness (QED) is 0.812. The molecule has 27 heavy (non-hydrogen) atoms. The Morgan fingerprint density at radius 3 is 2.85 bits per heavy atom. The van der Waals surface area contributed by atoms with Gasteiger partial charge in [-0.15, -0.1) is 0 Å². The number of hydrogen-bond acceptors (Lipinski definition) is 5. The first-order chi connectivity index (χ1) is 13.0. The van der Waals surface area contributed by atoms with Crippen LogP contribution in [-0.4, -0.2) is 31.9 Å². The number of benzene rings is 2. The summed E-state index contributed by atoms with van der Waals surface area (Å²) in [6.07, 6.45) is 0.708. The molecule has 2 aromatic carbocycles. The Hall–Kier alpha value is -2.31. The van der Waals surface area contributed by atoms with Crippen LogP contribution >= 0.6 is 11.6 Å². The van der Waals surface area contributed by atoms with Crippen LogP contribution in [0.4, 0.5) is 4.39 Å². The summed E-state index contributed by atoms with van der Waals surface area (Å²) < 4.78 is 31.2. The zero-order valence-corrected chi connectivity index (χ0v) is 15.2. The molecule has 0 aromatic heterocycles. The molecule has 0 bridgehead atoms. The van der Waals surface area contributed by atoms with Crippen molar-refractivity contribution in [3.05, 3.63) is 52.8 Å². The highest BCUT2D eigenvalue weighted by Crippen LogP contribution is 2.51. The van der Waals surface area contributed by atoms with E-state index in [-0.39, 0.29) is 23.9 Å². The van der Waals surface area contributed by atoms with Crippen LogP contribution in [0.5, 0.6) is 5.75 Å². The van der Waals surface area contributed by atoms with E-state index in [1.54, 1.807) is 6.07 Å². The van der Waals surface area contributed by atoms with Gasteiger partial charge in [-0.3, -0.25) is 0 Å². The first kappa shape index (κ1) is 16.8. The monoisotopic (exact) mass is 388 g/mol. The van der Waals surface area contributed by atoms with Crippen molar-refractivity contribution in [2.45, 2.75) is 18.1 Å². The Balaban J connectivity index is 1.67. The number of aliphatic imine (C=N–C) groups is 1. The number of hydrogen-bond donors (Lipinski definition) is 1. The molecule has 3 aliphatic heterocycles. The predicted octanol–water partition coefficient (Wildman–Crippen LogP) is 3.48. The van der Waals surface area contributed by atoms with Crippen LogP contribution in [0.3, 0.4) is 0 Å². The minimum atomic E-state index is -0.612. The van der Waals surface area contributed by atoms with Gasteiger partial charge in [-0.05, 0) is 47.9 Å². The summed E-state index contributed by atoms with van der Waals surface area (Å²) in [6, 6.07) is 10.4. The number of ether oxygens (including phenoxy) is 3. The predicted molar refractivity (Wildman–Crippen MR) is 99.4 cm³/mol. The lowest BCUT2D eigenvalue weighted by atomic mass is 9.71. The topological polar surface area (TPSA) is 66.1 Å². The van der Waals surface area contributed by atoms with E-state index in [1.165, 1.54) is 12.1 Å². The molecule has 0 radical (unpaired) electrons. The fraction of sp³-hybridized carbons (Fsp3) is 0.350. The molecule has 3 aliphatic rings. The van der Waals surface area contributed by atoms with Crippen molar-refractivity contribution in [2.75, 3.05) is 19.8 Å². The summed E-state index contributed by atoms with van der Waals surface area (Å²) >= 11 is 6.04. The summed E-state index contributed by atoms with van der Waals surface area (Å²) in [7, 11) is 0. The van der Waals surface area contributed by atoms with Crippen LogP contribution in [0.1, 0.15) is 12.0 Å². The van der Waals surface area contributed by atoms with E-state index < -0.39 is 5.54 Å². The molecule has 5 rings (SSSR count). The van der Waals surface area contributed by atoms with Crippen molar-refractivity contribution in [2.24, 2.45) is 16.6 Å². The fourth-order valence-electron chi connectivity index (χ4n) is 4.38. The summed E-state index contributed by atoms with van der Waals surface area (Å²) in [4.78, 5) is 4.71. The van der Waals surface area contributed by atoms with Crippen molar-refractivity contribution in [3.63, 3.8) is 0 Å². The average Bonchev–Trinajstić information content (AvgIpc) is 3.03. The molecule has 0 aliphatic carbocycles. The second-order valence-electron chi connectivity index (χ2n) is 7.16. The molecule has 1 fully saturated rings. The van der Waals surface area contributed by atoms with Gasteiger partial charge in [0.15, 0.2) is 0 Å². The maximum atomic E-state index is 13.8. The van der Waals surface area contributed by atoms with Crippen LogP contribution in [0.2, 0.25) is 5.02 Å². The highest BCUT2D eigenvalue weighted by atomic mass is 35.5. The molecule has 1 saturated heterocycles. The minimum Gasteiger partial charge on any atom is -0.487 e. The summed E-state index contributed by atoms with van der Waals surface area (Å²) in [5.74, 6) is 0.457. The number of halogens is 2. The van der Waals surface area contributed by atoms with Crippen molar-refractivity contribution in [1.29, 1.82) is 0 Å². The third-order valence-electron chi connectivity index (χ3n) is 5.59. The molecule has 2 N–H and O–H groups in total. The van der Waals surface area contributed by atoms with E-state index in [1.807, 2.05) is 18.2 Å². The normalized spacial score (nSPS) is 28.7. The molecule has 3 heterocycles. The largest absolute Gasteiger partial charge is 0.487 e. The maximum absolute atomic E-state index is 13.8. The van der Waals surface area contributed by atoms with Gasteiger partial charge < -0.3 is 19.9 Å². The number of nitrogens with two attached hydrogens (primary N) is 1. The molecule has 2 aromatic rings. The number of amidine groups is 1. The zero-order valence-electron chi connectivity index (χ0n) is 14.5. The molecule has 0 saturated carbocycles. The molecular weight excluding hydrogens is 371 g/mol. The molecule has 3 atom stereocenters. The number of fused-ring (bicyclic) bond motifs is 4. The standard InChI is InChI=1S/C20H18ClFN2O3/c21-13-5-12(6-14(22)8-13)11-1-2-17-16(7-11)20(10-26-19(23)24-20)15-3-4-25-9-18(15)27-17/h1-2,5-8,15,18H,3-4,9-10H2,(H2,23,24)/t15-,18-,20+/m1/s1. The number of nitrogens with zero attached hydrogens (tertiary/aromatic N) is 1. The van der Waals surface area contributed by atoms with Gasteiger partial charge in [0.1, 0.15) is 29.8 Å². The van der Waals surface area contributed by atoms with E-state index in [0.29, 0.717) is 30.4 Å². The van der Waals surface area contributed by atoms with E-state index in [4.69, 9.17) is 36.5 Å². The Morgan fingerprint density at radius 1 is 1.19 bits per heavy atom. The van der Waals surface area contributed by atoms with Gasteiger partial charge in [-0.2, -0.15) is 0 Å². The smallest absolute Gasteiger partial charge is 0.283 e. The van der Waals surface area contributed by atoms with E-state index >= 15 is 0 Å². The van der Waals surface area contributed by atoms with Crippen molar-refractivity contribution in [3.8, 4) is 16.9 Å². The highest BCUT2D eigenvalue weighted by molar-refractivity contribution is 6.30. The van der Waals surface area contributed by atoms with Gasteiger partial charge in [0.05, 0.1) is 6.61 Å². The average molecular weight is 389 g/mol. The fourth-order valence-corrected chi connectivity index (χ4v) is 4.60. The van der Waals surface area contributed by atoms with Crippen molar-refractivity contribution < 1.29 is 18.6 Å². The minimum absolute atomic E-state index is 0.0982. The van der Waals surface area contributed by atoms with Gasteiger partial charge in [-0.1, -0.05) is 17.7 Å². The third kappa shape index (κ3) is 2.66. The molecule has 1 spiro atoms. The third-order valence-corrected chi connectivity index (χ3v) is 5.81. The van der Waals surface area contributed by atoms with Gasteiger partial charge in [0.25, 0.3) is 6.02 Å². The first-order valence-electron chi connectivity index (χ1n) is 8.89. The van der Waals surface area contributed by atoms with Gasteiger partial charge >= 0.3 is 0 Å². The Bertz CT molecular complexity index is 931. The van der Waals surface area contributed by atoms with E-state index in [9.17, 15) is 4.39 Å². The zero-order chi connectivity index (χ0) is 18.6. The second-order valence-corrected chi connectivity index (χ2v) is 7.59. The van der Waals surface area contributed by atoms with E-state index in [0.717, 1.165) is 23.3 Å². The van der Waals surface area contributed by atoms with Crippen LogP contribution in [0.15, 0.2) is 41.4 Å². The van der Waals surface area contributed by atoms with Gasteiger partial charge in [-0.25, -0.2) is 9.38 Å². The molecule has 7 heteroatoms. The van der Waals surface area contributed by atoms with Crippen LogP contribution in [0.25, 0.3) is 11.1 Å². The molecule has 0 amide bonds. The van der Waals surface area contributed by atoms with Crippen molar-refractivity contribution in [1.82, 2.24) is 0 Å². The van der Waals surface area contributed by atoms with Crippen LogP contribution in [-0.2, 0) is 15.0 Å². The molecular formula is C20H18ClFN2O3. The SMILES string of the molecule is NC1=N[C@]2(CO1)c1cc(-c3cc(F)cc(Cl)c3)ccc1O[C@@H]1COCC[C@H]12. The molecule has 0 unspecified atom stereocenters. The Morgan fingerprint density at radius 2 is 2.07 bits per heavy atom. The maximum Gasteiger partial charge on any atom is 0.283 e. The lowest BCUT2D eigenvalue weighted by molar-refractivity contribution is -0.0732. The molecule has 140 valence electrons. The summed E-state index contributed by atoms with van der Waals surface area (Å²) in [6.45, 7) is 1.53. The number of rotatable bonds is 1. The Kier molecular flexibility index (Phi) is 3.81. The first-order valence-corrected chi connectivity index (χ1v) is 9.26. The van der Waals surface area contributed by atoms with Crippen LogP contribution in [0, 0.1) is 11.7 Å².